The molecule has 0 aromatic rings. The molecule has 0 atom stereocenters. The summed E-state index contributed by atoms with van der Waals surface area (Å²) < 4.78 is 5.27. The van der Waals surface area contributed by atoms with Gasteiger partial charge in [0.1, 0.15) is 6.54 Å². The van der Waals surface area contributed by atoms with Crippen molar-refractivity contribution in [3.05, 3.63) is 0 Å². The molecule has 0 fully saturated rings. The second-order valence-electron chi connectivity index (χ2n) is 12.3. The Morgan fingerprint density at radius 3 is 1.07 bits per heavy atom. The molecule has 0 aliphatic rings. The molecule has 1 amide bonds. The zero-order valence-electron chi connectivity index (χ0n) is 27.4. The van der Waals surface area contributed by atoms with Crippen molar-refractivity contribution < 1.29 is 14.3 Å². The van der Waals surface area contributed by atoms with Crippen LogP contribution < -0.4 is 5.32 Å². The number of hydrogen-bond acceptors (Lipinski definition) is 3. The van der Waals surface area contributed by atoms with Crippen LogP contribution in [0, 0.1) is 0 Å². The molecule has 0 radical (unpaired) electrons. The molecule has 1 N–H and O–H groups in total. The van der Waals surface area contributed by atoms with Crippen LogP contribution in [-0.2, 0) is 14.3 Å². The smallest absolute Gasteiger partial charge is 0.325 e. The van der Waals surface area contributed by atoms with Crippen LogP contribution >= 0.6 is 0 Å². The molecule has 0 saturated heterocycles. The maximum absolute atomic E-state index is 11.9. The third-order valence-corrected chi connectivity index (χ3v) is 8.20. The van der Waals surface area contributed by atoms with Gasteiger partial charge < -0.3 is 10.1 Å². The molecular weight excluding hydrogens is 494 g/mol. The molecule has 0 rings (SSSR count). The van der Waals surface area contributed by atoms with E-state index >= 15 is 0 Å². The molecule has 0 bridgehead atoms. The van der Waals surface area contributed by atoms with E-state index in [4.69, 9.17) is 4.74 Å². The van der Waals surface area contributed by atoms with Crippen molar-refractivity contribution in [1.82, 2.24) is 5.32 Å². The Morgan fingerprint density at radius 1 is 0.425 bits per heavy atom. The topological polar surface area (TPSA) is 55.4 Å². The standard InChI is InChI=1S/C36H71NO3/c1-3-5-7-9-11-13-14-15-16-17-18-19-20-21-22-23-25-27-29-31-33-40-36(39)34-37-35(38)32-30-28-26-24-12-10-8-6-4-2/h3-34H2,1-2H3,(H,37,38). The van der Waals surface area contributed by atoms with Gasteiger partial charge in [0.2, 0.25) is 5.91 Å². The van der Waals surface area contributed by atoms with Crippen molar-refractivity contribution in [3.63, 3.8) is 0 Å². The molecule has 0 heterocycles. The molecule has 0 aliphatic carbocycles. The average Bonchev–Trinajstić information content (AvgIpc) is 2.96. The maximum Gasteiger partial charge on any atom is 0.325 e. The number of carbonyl (C=O) groups excluding carboxylic acids is 2. The highest BCUT2D eigenvalue weighted by molar-refractivity contribution is 5.81. The molecule has 4 nitrogen and oxygen atoms in total. The Morgan fingerprint density at radius 2 is 0.725 bits per heavy atom. The predicted octanol–water partition coefficient (Wildman–Crippen LogP) is 11.4. The van der Waals surface area contributed by atoms with Crippen LogP contribution in [0.1, 0.15) is 206 Å². The second kappa shape index (κ2) is 34.1. The van der Waals surface area contributed by atoms with Crippen LogP contribution in [0.25, 0.3) is 0 Å². The Kier molecular flexibility index (Phi) is 33.2. The quantitative estimate of drug-likeness (QED) is 0.0636. The first-order valence-electron chi connectivity index (χ1n) is 18.1. The largest absolute Gasteiger partial charge is 0.464 e. The van der Waals surface area contributed by atoms with Crippen LogP contribution in [0.2, 0.25) is 0 Å². The number of esters is 1. The number of ether oxygens (including phenoxy) is 1. The second-order valence-corrected chi connectivity index (χ2v) is 12.3. The average molecular weight is 566 g/mol. The summed E-state index contributed by atoms with van der Waals surface area (Å²) in [5.41, 5.74) is 0. The van der Waals surface area contributed by atoms with E-state index in [9.17, 15) is 9.59 Å². The van der Waals surface area contributed by atoms with Gasteiger partial charge in [0.15, 0.2) is 0 Å². The monoisotopic (exact) mass is 566 g/mol. The van der Waals surface area contributed by atoms with Crippen LogP contribution in [0.3, 0.4) is 0 Å². The molecule has 0 saturated carbocycles. The van der Waals surface area contributed by atoms with Gasteiger partial charge in [0, 0.05) is 6.42 Å². The van der Waals surface area contributed by atoms with E-state index in [0.717, 1.165) is 25.7 Å². The molecule has 4 heteroatoms. The third-order valence-electron chi connectivity index (χ3n) is 8.20. The van der Waals surface area contributed by atoms with Crippen molar-refractivity contribution in [2.75, 3.05) is 13.2 Å². The van der Waals surface area contributed by atoms with Gasteiger partial charge in [0.05, 0.1) is 6.61 Å². The van der Waals surface area contributed by atoms with Gasteiger partial charge >= 0.3 is 5.97 Å². The maximum atomic E-state index is 11.9. The highest BCUT2D eigenvalue weighted by Crippen LogP contribution is 2.15. The highest BCUT2D eigenvalue weighted by Gasteiger charge is 2.06. The lowest BCUT2D eigenvalue weighted by Gasteiger charge is -2.07. The summed E-state index contributed by atoms with van der Waals surface area (Å²) in [6.45, 7) is 5.02. The summed E-state index contributed by atoms with van der Waals surface area (Å²) in [5.74, 6) is -0.336. The molecule has 0 aromatic heterocycles. The fourth-order valence-electron chi connectivity index (χ4n) is 5.45. The van der Waals surface area contributed by atoms with Gasteiger partial charge in [-0.2, -0.15) is 0 Å². The summed E-state index contributed by atoms with van der Waals surface area (Å²) in [6.07, 6.45) is 38.9. The molecule has 0 unspecified atom stereocenters. The molecular formula is C36H71NO3. The van der Waals surface area contributed by atoms with Crippen molar-refractivity contribution >= 4 is 11.9 Å². The lowest BCUT2D eigenvalue weighted by atomic mass is 10.0. The normalized spacial score (nSPS) is 11.2. The van der Waals surface area contributed by atoms with E-state index in [1.807, 2.05) is 0 Å². The Bertz CT molecular complexity index is 522. The van der Waals surface area contributed by atoms with E-state index < -0.39 is 0 Å². The molecule has 0 aromatic carbocycles. The number of unbranched alkanes of at least 4 members (excludes halogenated alkanes) is 27. The lowest BCUT2D eigenvalue weighted by Crippen LogP contribution is -2.30. The Balaban J connectivity index is 3.23. The highest BCUT2D eigenvalue weighted by atomic mass is 16.5. The van der Waals surface area contributed by atoms with Gasteiger partial charge in [-0.15, -0.1) is 0 Å². The van der Waals surface area contributed by atoms with E-state index in [-0.39, 0.29) is 18.4 Å². The summed E-state index contributed by atoms with van der Waals surface area (Å²) in [4.78, 5) is 23.7. The van der Waals surface area contributed by atoms with Crippen LogP contribution in [0.15, 0.2) is 0 Å². The predicted molar refractivity (Wildman–Crippen MR) is 174 cm³/mol. The molecule has 238 valence electrons. The van der Waals surface area contributed by atoms with E-state index in [1.54, 1.807) is 0 Å². The minimum Gasteiger partial charge on any atom is -0.464 e. The summed E-state index contributed by atoms with van der Waals surface area (Å²) >= 11 is 0. The van der Waals surface area contributed by atoms with Crippen LogP contribution in [-0.4, -0.2) is 25.0 Å². The summed E-state index contributed by atoms with van der Waals surface area (Å²) in [5, 5.41) is 2.71. The molecule has 0 aliphatic heterocycles. The summed E-state index contributed by atoms with van der Waals surface area (Å²) in [7, 11) is 0. The SMILES string of the molecule is CCCCCCCCCCCCCCCCCCCCCCOC(=O)CNC(=O)CCCCCCCCCCC. The van der Waals surface area contributed by atoms with Crippen LogP contribution in [0.4, 0.5) is 0 Å². The number of nitrogens with one attached hydrogen (secondary N) is 1. The van der Waals surface area contributed by atoms with E-state index in [0.29, 0.717) is 13.0 Å². The number of carbonyl (C=O) groups is 2. The number of amides is 1. The molecule has 0 spiro atoms. The Hall–Kier alpha value is -1.06. The van der Waals surface area contributed by atoms with Crippen molar-refractivity contribution in [2.24, 2.45) is 0 Å². The van der Waals surface area contributed by atoms with Crippen LogP contribution in [0.5, 0.6) is 0 Å². The fourth-order valence-corrected chi connectivity index (χ4v) is 5.45. The van der Waals surface area contributed by atoms with Gasteiger partial charge in [-0.05, 0) is 12.8 Å². The molecule has 40 heavy (non-hydrogen) atoms. The number of hydrogen-bond donors (Lipinski definition) is 1. The van der Waals surface area contributed by atoms with Crippen molar-refractivity contribution in [3.8, 4) is 0 Å². The first kappa shape index (κ1) is 38.9. The van der Waals surface area contributed by atoms with Gasteiger partial charge in [-0.1, -0.05) is 187 Å². The van der Waals surface area contributed by atoms with Crippen molar-refractivity contribution in [1.29, 1.82) is 0 Å². The van der Waals surface area contributed by atoms with Crippen molar-refractivity contribution in [2.45, 2.75) is 206 Å². The summed E-state index contributed by atoms with van der Waals surface area (Å²) in [6, 6.07) is 0. The minimum absolute atomic E-state index is 0.00938. The van der Waals surface area contributed by atoms with Gasteiger partial charge in [-0.3, -0.25) is 9.59 Å². The zero-order chi connectivity index (χ0) is 29.2. The van der Waals surface area contributed by atoms with Gasteiger partial charge in [0.25, 0.3) is 0 Å². The fraction of sp³-hybridized carbons (Fsp3) is 0.944. The zero-order valence-corrected chi connectivity index (χ0v) is 27.4. The third kappa shape index (κ3) is 33.1. The Labute approximate surface area is 250 Å². The number of rotatable bonds is 33. The van der Waals surface area contributed by atoms with Gasteiger partial charge in [-0.25, -0.2) is 0 Å². The first-order valence-corrected chi connectivity index (χ1v) is 18.1. The van der Waals surface area contributed by atoms with E-state index in [1.165, 1.54) is 161 Å². The first-order chi connectivity index (χ1) is 19.7. The van der Waals surface area contributed by atoms with E-state index in [2.05, 4.69) is 19.2 Å². The lowest BCUT2D eigenvalue weighted by molar-refractivity contribution is -0.144. The minimum atomic E-state index is -0.307.